The maximum absolute atomic E-state index is 13.0. The van der Waals surface area contributed by atoms with Crippen LogP contribution in [-0.4, -0.2) is 18.5 Å². The monoisotopic (exact) mass is 431 g/mol. The summed E-state index contributed by atoms with van der Waals surface area (Å²) in [5.41, 5.74) is 2.25. The average molecular weight is 432 g/mol. The van der Waals surface area contributed by atoms with Crippen LogP contribution in [0.25, 0.3) is 11.3 Å². The number of ether oxygens (including phenoxy) is 1. The van der Waals surface area contributed by atoms with E-state index < -0.39 is 18.5 Å². The molecule has 0 aliphatic carbocycles. The number of halogens is 2. The Hall–Kier alpha value is -2.93. The molecule has 0 aliphatic rings. The van der Waals surface area contributed by atoms with Crippen molar-refractivity contribution in [3.05, 3.63) is 76.2 Å². The maximum atomic E-state index is 13.0. The van der Waals surface area contributed by atoms with Crippen LogP contribution in [0, 0.1) is 12.7 Å². The van der Waals surface area contributed by atoms with Crippen LogP contribution in [0.3, 0.4) is 0 Å². The van der Waals surface area contributed by atoms with Crippen molar-refractivity contribution >= 4 is 33.5 Å². The van der Waals surface area contributed by atoms with E-state index in [4.69, 9.17) is 9.15 Å². The van der Waals surface area contributed by atoms with Gasteiger partial charge in [0.2, 0.25) is 5.76 Å². The van der Waals surface area contributed by atoms with E-state index in [9.17, 15) is 14.0 Å². The summed E-state index contributed by atoms with van der Waals surface area (Å²) in [5.74, 6) is -1.25. The number of hydrogen-bond acceptors (Lipinski definition) is 4. The van der Waals surface area contributed by atoms with Crippen LogP contribution in [-0.2, 0) is 9.53 Å². The molecule has 0 unspecified atom stereocenters. The van der Waals surface area contributed by atoms with Crippen LogP contribution in [0.1, 0.15) is 16.1 Å². The van der Waals surface area contributed by atoms with E-state index in [2.05, 4.69) is 21.2 Å². The molecule has 0 saturated heterocycles. The molecule has 2 aromatic carbocycles. The van der Waals surface area contributed by atoms with E-state index in [0.29, 0.717) is 17.0 Å². The van der Waals surface area contributed by atoms with E-state index in [-0.39, 0.29) is 11.6 Å². The first-order valence-corrected chi connectivity index (χ1v) is 8.80. The van der Waals surface area contributed by atoms with Gasteiger partial charge in [-0.1, -0.05) is 6.07 Å². The molecule has 3 aromatic rings. The van der Waals surface area contributed by atoms with Gasteiger partial charge in [-0.15, -0.1) is 0 Å². The number of anilines is 1. The molecule has 0 spiro atoms. The van der Waals surface area contributed by atoms with Crippen molar-refractivity contribution in [3.63, 3.8) is 0 Å². The number of benzene rings is 2. The number of aryl methyl sites for hydroxylation is 1. The number of carbonyl (C=O) groups is 2. The zero-order valence-corrected chi connectivity index (χ0v) is 15.9. The minimum Gasteiger partial charge on any atom is -0.450 e. The second-order valence-corrected chi connectivity index (χ2v) is 6.63. The summed E-state index contributed by atoms with van der Waals surface area (Å²) in [5, 5.41) is 2.65. The van der Waals surface area contributed by atoms with Crippen molar-refractivity contribution in [3.8, 4) is 11.3 Å². The molecular formula is C20H15BrFNO4. The van der Waals surface area contributed by atoms with Gasteiger partial charge in [0.1, 0.15) is 11.6 Å². The van der Waals surface area contributed by atoms with Gasteiger partial charge in [0.15, 0.2) is 6.61 Å². The summed E-state index contributed by atoms with van der Waals surface area (Å²) in [6.07, 6.45) is 0. The van der Waals surface area contributed by atoms with Gasteiger partial charge in [0.05, 0.1) is 5.69 Å². The molecule has 0 aliphatic heterocycles. The van der Waals surface area contributed by atoms with Crippen LogP contribution in [0.2, 0.25) is 0 Å². The molecule has 0 radical (unpaired) electrons. The summed E-state index contributed by atoms with van der Waals surface area (Å²) in [7, 11) is 0. The Morgan fingerprint density at radius 1 is 1.11 bits per heavy atom. The first kappa shape index (κ1) is 18.8. The van der Waals surface area contributed by atoms with E-state index in [0.717, 1.165) is 10.0 Å². The van der Waals surface area contributed by atoms with Crippen molar-refractivity contribution in [2.45, 2.75) is 6.92 Å². The van der Waals surface area contributed by atoms with Crippen LogP contribution in [0.5, 0.6) is 0 Å². The summed E-state index contributed by atoms with van der Waals surface area (Å²) in [6, 6.07) is 14.1. The highest BCUT2D eigenvalue weighted by molar-refractivity contribution is 9.10. The summed E-state index contributed by atoms with van der Waals surface area (Å²) >= 11 is 3.36. The lowest BCUT2D eigenvalue weighted by Gasteiger charge is -2.08. The zero-order valence-electron chi connectivity index (χ0n) is 14.3. The maximum Gasteiger partial charge on any atom is 0.374 e. The average Bonchev–Trinajstić information content (AvgIpc) is 3.13. The Labute approximate surface area is 163 Å². The fraction of sp³-hybridized carbons (Fsp3) is 0.100. The normalized spacial score (nSPS) is 10.5. The van der Waals surface area contributed by atoms with Gasteiger partial charge in [0, 0.05) is 10.0 Å². The number of esters is 1. The highest BCUT2D eigenvalue weighted by Gasteiger charge is 2.16. The molecule has 3 rings (SSSR count). The van der Waals surface area contributed by atoms with Crippen molar-refractivity contribution in [1.29, 1.82) is 0 Å². The molecule has 0 fully saturated rings. The quantitative estimate of drug-likeness (QED) is 0.580. The lowest BCUT2D eigenvalue weighted by molar-refractivity contribution is -0.119. The number of nitrogens with one attached hydrogen (secondary N) is 1. The number of rotatable bonds is 5. The summed E-state index contributed by atoms with van der Waals surface area (Å²) in [6.45, 7) is 1.48. The van der Waals surface area contributed by atoms with E-state index in [1.807, 2.05) is 19.1 Å². The fourth-order valence-corrected chi connectivity index (χ4v) is 2.92. The van der Waals surface area contributed by atoms with Gasteiger partial charge in [-0.3, -0.25) is 4.79 Å². The molecule has 138 valence electrons. The Kier molecular flexibility index (Phi) is 5.71. The van der Waals surface area contributed by atoms with E-state index in [1.165, 1.54) is 30.3 Å². The van der Waals surface area contributed by atoms with Crippen LogP contribution in [0.4, 0.5) is 10.1 Å². The Bertz CT molecular complexity index is 982. The van der Waals surface area contributed by atoms with Crippen molar-refractivity contribution in [1.82, 2.24) is 0 Å². The van der Waals surface area contributed by atoms with Gasteiger partial charge in [-0.05, 0) is 76.9 Å². The molecule has 27 heavy (non-hydrogen) atoms. The molecule has 1 heterocycles. The topological polar surface area (TPSA) is 68.5 Å². The molecule has 1 amide bonds. The molecule has 1 N–H and O–H groups in total. The number of furan rings is 1. The molecule has 1 aromatic heterocycles. The van der Waals surface area contributed by atoms with Gasteiger partial charge in [-0.2, -0.15) is 0 Å². The highest BCUT2D eigenvalue weighted by atomic mass is 79.9. The minimum absolute atomic E-state index is 0.0429. The SMILES string of the molecule is Cc1ccc(NC(=O)COC(=O)c2ccc(-c3ccc(F)cc3)o2)c(Br)c1. The Morgan fingerprint density at radius 2 is 1.85 bits per heavy atom. The predicted octanol–water partition coefficient (Wildman–Crippen LogP) is 4.95. The third kappa shape index (κ3) is 4.83. The van der Waals surface area contributed by atoms with Gasteiger partial charge < -0.3 is 14.5 Å². The second kappa shape index (κ2) is 8.18. The fourth-order valence-electron chi connectivity index (χ4n) is 2.33. The number of carbonyl (C=O) groups excluding carboxylic acids is 2. The third-order valence-corrected chi connectivity index (χ3v) is 4.33. The smallest absolute Gasteiger partial charge is 0.374 e. The third-order valence-electron chi connectivity index (χ3n) is 3.67. The molecule has 0 saturated carbocycles. The van der Waals surface area contributed by atoms with Crippen LogP contribution >= 0.6 is 15.9 Å². The minimum atomic E-state index is -0.763. The highest BCUT2D eigenvalue weighted by Crippen LogP contribution is 2.24. The standard InChI is InChI=1S/C20H15BrFNO4/c1-12-2-7-16(15(21)10-12)23-19(24)11-26-20(25)18-9-8-17(27-18)13-3-5-14(22)6-4-13/h2-10H,11H2,1H3,(H,23,24). The summed E-state index contributed by atoms with van der Waals surface area (Å²) < 4.78 is 24.1. The second-order valence-electron chi connectivity index (χ2n) is 5.78. The van der Waals surface area contributed by atoms with E-state index in [1.54, 1.807) is 12.1 Å². The van der Waals surface area contributed by atoms with E-state index >= 15 is 0 Å². The zero-order chi connectivity index (χ0) is 19.4. The summed E-state index contributed by atoms with van der Waals surface area (Å²) in [4.78, 5) is 24.0. The molecule has 5 nitrogen and oxygen atoms in total. The first-order valence-electron chi connectivity index (χ1n) is 8.01. The number of hydrogen-bond donors (Lipinski definition) is 1. The first-order chi connectivity index (χ1) is 12.9. The van der Waals surface area contributed by atoms with Crippen molar-refractivity contribution < 1.29 is 23.1 Å². The van der Waals surface area contributed by atoms with Gasteiger partial charge in [-0.25, -0.2) is 9.18 Å². The van der Waals surface area contributed by atoms with Crippen molar-refractivity contribution in [2.24, 2.45) is 0 Å². The van der Waals surface area contributed by atoms with Crippen molar-refractivity contribution in [2.75, 3.05) is 11.9 Å². The number of amides is 1. The predicted molar refractivity (Wildman–Crippen MR) is 102 cm³/mol. The Balaban J connectivity index is 1.57. The molecular weight excluding hydrogens is 417 g/mol. The van der Waals surface area contributed by atoms with Crippen LogP contribution < -0.4 is 5.32 Å². The van der Waals surface area contributed by atoms with Crippen LogP contribution in [0.15, 0.2) is 63.5 Å². The Morgan fingerprint density at radius 3 is 2.56 bits per heavy atom. The lowest BCUT2D eigenvalue weighted by atomic mass is 10.2. The lowest BCUT2D eigenvalue weighted by Crippen LogP contribution is -2.21. The van der Waals surface area contributed by atoms with Gasteiger partial charge in [0.25, 0.3) is 5.91 Å². The van der Waals surface area contributed by atoms with Gasteiger partial charge >= 0.3 is 5.97 Å². The molecule has 0 bridgehead atoms. The molecule has 0 atom stereocenters. The molecule has 7 heteroatoms. The largest absolute Gasteiger partial charge is 0.450 e.